The topological polar surface area (TPSA) is 53.9 Å². The molecule has 0 saturated carbocycles. The summed E-state index contributed by atoms with van der Waals surface area (Å²) in [7, 11) is 0. The highest BCUT2D eigenvalue weighted by Crippen LogP contribution is 2.41. The molecule has 1 aliphatic heterocycles. The van der Waals surface area contributed by atoms with E-state index in [1.165, 1.54) is 0 Å². The van der Waals surface area contributed by atoms with Crippen LogP contribution in [0, 0.1) is 6.92 Å². The van der Waals surface area contributed by atoms with Crippen molar-refractivity contribution in [3.8, 4) is 0 Å². The quantitative estimate of drug-likeness (QED) is 0.623. The number of carbonyl (C=O) groups is 1. The normalized spacial score (nSPS) is 16.8. The van der Waals surface area contributed by atoms with Crippen LogP contribution in [0.25, 0.3) is 0 Å². The molecule has 6 heteroatoms. The molecule has 1 aliphatic rings. The van der Waals surface area contributed by atoms with Gasteiger partial charge in [0.25, 0.3) is 0 Å². The summed E-state index contributed by atoms with van der Waals surface area (Å²) >= 11 is 4.65. The number of nitrogens with one attached hydrogen (secondary N) is 1. The fourth-order valence-corrected chi connectivity index (χ4v) is 2.39. The Hall–Kier alpha value is -1.91. The van der Waals surface area contributed by atoms with Gasteiger partial charge in [-0.1, -0.05) is 0 Å². The lowest BCUT2D eigenvalue weighted by molar-refractivity contribution is 0.0574. The van der Waals surface area contributed by atoms with E-state index in [4.69, 9.17) is 4.74 Å². The third-order valence-electron chi connectivity index (χ3n) is 3.17. The first-order valence-electron chi connectivity index (χ1n) is 6.75. The molecular formula is C15H19N3O2S. The van der Waals surface area contributed by atoms with Crippen LogP contribution in [0.1, 0.15) is 33.3 Å². The first-order valence-corrected chi connectivity index (χ1v) is 7.15. The molecule has 0 aliphatic carbocycles. The van der Waals surface area contributed by atoms with Gasteiger partial charge in [-0.05, 0) is 59.0 Å². The third-order valence-corrected chi connectivity index (χ3v) is 3.26. The maximum atomic E-state index is 12.4. The average molecular weight is 305 g/mol. The van der Waals surface area contributed by atoms with E-state index in [9.17, 15) is 4.79 Å². The summed E-state index contributed by atoms with van der Waals surface area (Å²) in [4.78, 5) is 18.0. The molecule has 0 aromatic heterocycles. The predicted octanol–water partition coefficient (Wildman–Crippen LogP) is 4.24. The van der Waals surface area contributed by atoms with Crippen LogP contribution in [-0.2, 0) is 4.74 Å². The number of isothiocyanates is 1. The fraction of sp³-hybridized carbons (Fsp3) is 0.467. The Balaban J connectivity index is 2.40. The summed E-state index contributed by atoms with van der Waals surface area (Å²) in [5.74, 6) is 0. The van der Waals surface area contributed by atoms with Crippen LogP contribution < -0.4 is 10.2 Å². The molecule has 1 aromatic carbocycles. The molecule has 2 rings (SSSR count). The smallest absolute Gasteiger partial charge is 0.416 e. The summed E-state index contributed by atoms with van der Waals surface area (Å²) in [6.07, 6.45) is -0.549. The molecule has 0 spiro atoms. The second-order valence-electron chi connectivity index (χ2n) is 5.98. The number of hydrogen-bond acceptors (Lipinski definition) is 5. The van der Waals surface area contributed by atoms with Gasteiger partial charge in [0.15, 0.2) is 0 Å². The Morgan fingerprint density at radius 1 is 1.48 bits per heavy atom. The average Bonchev–Trinajstić information content (AvgIpc) is 2.68. The SMILES string of the molecule is Cc1c(N=C=S)ccc2c1NC(C)N2C(=O)OC(C)(C)C. The van der Waals surface area contributed by atoms with E-state index < -0.39 is 5.60 Å². The molecule has 1 atom stereocenters. The minimum atomic E-state index is -0.532. The maximum absolute atomic E-state index is 12.4. The number of hydrogen-bond donors (Lipinski definition) is 1. The van der Waals surface area contributed by atoms with Crippen molar-refractivity contribution >= 4 is 40.5 Å². The molecule has 1 N–H and O–H groups in total. The molecule has 5 nitrogen and oxygen atoms in total. The van der Waals surface area contributed by atoms with Crippen LogP contribution in [0.4, 0.5) is 21.9 Å². The molecule has 1 amide bonds. The second kappa shape index (κ2) is 5.47. The van der Waals surface area contributed by atoms with Crippen molar-refractivity contribution in [2.45, 2.75) is 46.4 Å². The Bertz CT molecular complexity index is 631. The molecule has 0 bridgehead atoms. The largest absolute Gasteiger partial charge is 0.443 e. The first-order chi connectivity index (χ1) is 9.74. The monoisotopic (exact) mass is 305 g/mol. The molecule has 21 heavy (non-hydrogen) atoms. The van der Waals surface area contributed by atoms with Crippen LogP contribution in [0.3, 0.4) is 0 Å². The van der Waals surface area contributed by atoms with Crippen LogP contribution in [0.2, 0.25) is 0 Å². The van der Waals surface area contributed by atoms with Crippen molar-refractivity contribution in [1.82, 2.24) is 0 Å². The number of rotatable bonds is 1. The van der Waals surface area contributed by atoms with Crippen molar-refractivity contribution < 1.29 is 9.53 Å². The Labute approximate surface area is 130 Å². The number of thiocarbonyl (C=S) groups is 1. The van der Waals surface area contributed by atoms with Gasteiger partial charge in [0.05, 0.1) is 22.2 Å². The van der Waals surface area contributed by atoms with Gasteiger partial charge < -0.3 is 10.1 Å². The molecule has 1 aromatic rings. The lowest BCUT2D eigenvalue weighted by atomic mass is 10.1. The maximum Gasteiger partial charge on any atom is 0.416 e. The Kier molecular flexibility index (Phi) is 4.03. The minimum Gasteiger partial charge on any atom is -0.443 e. The Morgan fingerprint density at radius 2 is 2.14 bits per heavy atom. The summed E-state index contributed by atoms with van der Waals surface area (Å²) in [6, 6.07) is 3.67. The van der Waals surface area contributed by atoms with E-state index in [-0.39, 0.29) is 12.3 Å². The summed E-state index contributed by atoms with van der Waals surface area (Å²) in [5, 5.41) is 5.65. The highest BCUT2D eigenvalue weighted by atomic mass is 32.1. The fourth-order valence-electron chi connectivity index (χ4n) is 2.29. The van der Waals surface area contributed by atoms with Gasteiger partial charge in [-0.15, -0.1) is 0 Å². The van der Waals surface area contributed by atoms with E-state index >= 15 is 0 Å². The van der Waals surface area contributed by atoms with E-state index in [1.807, 2.05) is 46.8 Å². The number of carbonyl (C=O) groups excluding carboxylic acids is 1. The summed E-state index contributed by atoms with van der Waals surface area (Å²) < 4.78 is 5.46. The lowest BCUT2D eigenvalue weighted by Crippen LogP contribution is -2.41. The van der Waals surface area contributed by atoms with Crippen molar-refractivity contribution in [3.05, 3.63) is 17.7 Å². The van der Waals surface area contributed by atoms with Gasteiger partial charge in [0, 0.05) is 5.56 Å². The van der Waals surface area contributed by atoms with Gasteiger partial charge >= 0.3 is 6.09 Å². The first kappa shape index (κ1) is 15.5. The van der Waals surface area contributed by atoms with Crippen molar-refractivity contribution in [3.63, 3.8) is 0 Å². The number of ether oxygens (including phenoxy) is 1. The second-order valence-corrected chi connectivity index (χ2v) is 6.16. The zero-order valence-electron chi connectivity index (χ0n) is 12.9. The molecule has 112 valence electrons. The van der Waals surface area contributed by atoms with Gasteiger partial charge in [0.1, 0.15) is 11.8 Å². The number of fused-ring (bicyclic) bond motifs is 1. The van der Waals surface area contributed by atoms with Crippen molar-refractivity contribution in [2.75, 3.05) is 10.2 Å². The van der Waals surface area contributed by atoms with Crippen LogP contribution in [-0.4, -0.2) is 23.0 Å². The number of benzene rings is 1. The molecular weight excluding hydrogens is 286 g/mol. The summed E-state index contributed by atoms with van der Waals surface area (Å²) in [6.45, 7) is 9.39. The van der Waals surface area contributed by atoms with Crippen LogP contribution in [0.5, 0.6) is 0 Å². The minimum absolute atomic E-state index is 0.180. The predicted molar refractivity (Wildman–Crippen MR) is 87.7 cm³/mol. The van der Waals surface area contributed by atoms with Crippen LogP contribution in [0.15, 0.2) is 17.1 Å². The summed E-state index contributed by atoms with van der Waals surface area (Å²) in [5.41, 5.74) is 2.81. The van der Waals surface area contributed by atoms with E-state index in [0.29, 0.717) is 0 Å². The number of amides is 1. The van der Waals surface area contributed by atoms with Gasteiger partial charge in [0.2, 0.25) is 0 Å². The van der Waals surface area contributed by atoms with Crippen molar-refractivity contribution in [1.29, 1.82) is 0 Å². The highest BCUT2D eigenvalue weighted by Gasteiger charge is 2.35. The van der Waals surface area contributed by atoms with Gasteiger partial charge in [-0.3, -0.25) is 4.90 Å². The lowest BCUT2D eigenvalue weighted by Gasteiger charge is -2.26. The van der Waals surface area contributed by atoms with Crippen LogP contribution >= 0.6 is 12.2 Å². The standard InChI is InChI=1S/C15H19N3O2S/c1-9-11(16-8-21)6-7-12-13(9)17-10(2)18(12)14(19)20-15(3,4)5/h6-7,10,17H,1-5H3. The molecule has 0 fully saturated rings. The van der Waals surface area contributed by atoms with Crippen molar-refractivity contribution in [2.24, 2.45) is 4.99 Å². The molecule has 0 saturated heterocycles. The third kappa shape index (κ3) is 3.06. The van der Waals surface area contributed by atoms with E-state index in [2.05, 4.69) is 27.7 Å². The number of nitrogens with zero attached hydrogens (tertiary/aromatic N) is 2. The van der Waals surface area contributed by atoms with E-state index in [1.54, 1.807) is 4.90 Å². The van der Waals surface area contributed by atoms with Gasteiger partial charge in [-0.25, -0.2) is 4.79 Å². The zero-order chi connectivity index (χ0) is 15.8. The van der Waals surface area contributed by atoms with Gasteiger partial charge in [-0.2, -0.15) is 4.99 Å². The number of anilines is 2. The molecule has 1 heterocycles. The zero-order valence-corrected chi connectivity index (χ0v) is 13.7. The Morgan fingerprint density at radius 3 is 2.71 bits per heavy atom. The molecule has 0 radical (unpaired) electrons. The molecule has 1 unspecified atom stereocenters. The highest BCUT2D eigenvalue weighted by molar-refractivity contribution is 7.78. The van der Waals surface area contributed by atoms with E-state index in [0.717, 1.165) is 22.6 Å². The number of aliphatic imine (C=N–C) groups is 1.